The third-order valence-electron chi connectivity index (χ3n) is 5.41. The van der Waals surface area contributed by atoms with Crippen molar-refractivity contribution in [2.45, 2.75) is 25.7 Å². The Morgan fingerprint density at radius 2 is 1.21 bits per heavy atom. The molecule has 1 heterocycles. The van der Waals surface area contributed by atoms with Crippen LogP contribution >= 0.6 is 35.5 Å². The molecule has 0 aliphatic carbocycles. The van der Waals surface area contributed by atoms with E-state index in [-0.39, 0.29) is 4.58 Å². The second-order valence-electron chi connectivity index (χ2n) is 8.23. The molecule has 188 valence electrons. The molecule has 0 fully saturated rings. The van der Waals surface area contributed by atoms with E-state index in [1.54, 1.807) is 0 Å². The molecule has 0 saturated heterocycles. The Morgan fingerprint density at radius 1 is 0.632 bits per heavy atom. The summed E-state index contributed by atoms with van der Waals surface area (Å²) in [6, 6.07) is 45.1. The van der Waals surface area contributed by atoms with Crippen LogP contribution in [0.4, 0.5) is 0 Å². The van der Waals surface area contributed by atoms with Gasteiger partial charge in [0.2, 0.25) is 5.90 Å². The molecule has 0 radical (unpaired) electrons. The zero-order valence-corrected chi connectivity index (χ0v) is 23.0. The summed E-state index contributed by atoms with van der Waals surface area (Å²) < 4.78 is 11.4. The lowest BCUT2D eigenvalue weighted by molar-refractivity contribution is 0.537. The van der Waals surface area contributed by atoms with Crippen LogP contribution in [0.15, 0.2) is 159 Å². The van der Waals surface area contributed by atoms with Crippen LogP contribution in [-0.2, 0) is 0 Å². The van der Waals surface area contributed by atoms with Gasteiger partial charge in [-0.2, -0.15) is 4.40 Å². The largest absolute Gasteiger partial charge is 0.442 e. The van der Waals surface area contributed by atoms with Crippen LogP contribution in [0.25, 0.3) is 11.3 Å². The minimum absolute atomic E-state index is 0.175. The number of para-hydroxylation sites is 1. The van der Waals surface area contributed by atoms with Crippen LogP contribution in [0.5, 0.6) is 5.75 Å². The van der Waals surface area contributed by atoms with Gasteiger partial charge in [-0.05, 0) is 60.7 Å². The van der Waals surface area contributed by atoms with E-state index in [9.17, 15) is 0 Å². The maximum absolute atomic E-state index is 6.33. The van der Waals surface area contributed by atoms with Crippen LogP contribution in [-0.4, -0.2) is 15.5 Å². The Morgan fingerprint density at radius 3 is 1.79 bits per heavy atom. The number of aromatic nitrogens is 1. The summed E-state index contributed by atoms with van der Waals surface area (Å²) >= 11 is 5.09. The maximum atomic E-state index is 6.33. The van der Waals surface area contributed by atoms with Crippen molar-refractivity contribution in [3.63, 3.8) is 0 Å². The van der Waals surface area contributed by atoms with E-state index >= 15 is 0 Å². The molecular weight excluding hydrogens is 525 g/mol. The van der Waals surface area contributed by atoms with E-state index in [2.05, 4.69) is 77.8 Å². The molecule has 3 nitrogen and oxygen atoms in total. The van der Waals surface area contributed by atoms with E-state index in [4.69, 9.17) is 9.13 Å². The summed E-state index contributed by atoms with van der Waals surface area (Å²) in [5.74, 6) is 1.47. The number of thioether (sulfide) groups is 2. The Balaban J connectivity index is 1.37. The smallest absolute Gasteiger partial charge is 0.203 e. The molecule has 0 saturated carbocycles. The number of hydrogen-bond donors (Lipinski definition) is 0. The summed E-state index contributed by atoms with van der Waals surface area (Å²) in [6.45, 7) is 0. The number of rotatable bonds is 10. The molecular formula is C32H26N2OS3. The van der Waals surface area contributed by atoms with Crippen LogP contribution in [0.3, 0.4) is 0 Å². The number of benzene rings is 4. The minimum Gasteiger partial charge on any atom is -0.442 e. The van der Waals surface area contributed by atoms with E-state index in [1.807, 2.05) is 90.4 Å². The second-order valence-corrected chi connectivity index (χ2v) is 11.9. The van der Waals surface area contributed by atoms with Crippen LogP contribution < -0.4 is 4.74 Å². The number of ether oxygens (including phenoxy) is 1. The van der Waals surface area contributed by atoms with E-state index in [0.717, 1.165) is 21.9 Å². The van der Waals surface area contributed by atoms with Crippen LogP contribution in [0, 0.1) is 0 Å². The minimum atomic E-state index is 0.175. The lowest BCUT2D eigenvalue weighted by Gasteiger charge is -2.18. The maximum Gasteiger partial charge on any atom is 0.203 e. The first-order valence-corrected chi connectivity index (χ1v) is 14.8. The average molecular weight is 551 g/mol. The molecule has 38 heavy (non-hydrogen) atoms. The zero-order valence-electron chi connectivity index (χ0n) is 20.6. The first-order chi connectivity index (χ1) is 18.8. The molecule has 0 aliphatic heterocycles. The highest BCUT2D eigenvalue weighted by atomic mass is 32.2. The van der Waals surface area contributed by atoms with Gasteiger partial charge >= 0.3 is 0 Å². The van der Waals surface area contributed by atoms with Gasteiger partial charge in [0.05, 0.1) is 10.3 Å². The van der Waals surface area contributed by atoms with Gasteiger partial charge in [-0.1, -0.05) is 72.8 Å². The predicted octanol–water partition coefficient (Wildman–Crippen LogP) is 9.53. The Labute approximate surface area is 236 Å². The summed E-state index contributed by atoms with van der Waals surface area (Å²) in [4.78, 5) is 7.93. The van der Waals surface area contributed by atoms with Crippen LogP contribution in [0.1, 0.15) is 6.42 Å². The van der Waals surface area contributed by atoms with Gasteiger partial charge in [0, 0.05) is 44.8 Å². The lowest BCUT2D eigenvalue weighted by Crippen LogP contribution is -2.14. The van der Waals surface area contributed by atoms with Crippen molar-refractivity contribution in [3.8, 4) is 17.0 Å². The molecule has 0 atom stereocenters. The Kier molecular flexibility index (Phi) is 9.58. The lowest BCUT2D eigenvalue weighted by atomic mass is 10.1. The highest BCUT2D eigenvalue weighted by Gasteiger charge is 2.18. The summed E-state index contributed by atoms with van der Waals surface area (Å²) in [5.41, 5.74) is 2.04. The van der Waals surface area contributed by atoms with E-state index in [0.29, 0.717) is 12.3 Å². The van der Waals surface area contributed by atoms with Gasteiger partial charge in [-0.3, -0.25) is 4.98 Å². The molecule has 5 aromatic rings. The normalized spacial score (nSPS) is 11.4. The molecule has 6 heteroatoms. The molecule has 0 aliphatic rings. The number of hydrogen-bond acceptors (Lipinski definition) is 6. The molecule has 0 unspecified atom stereocenters. The fraction of sp³-hybridized carbons (Fsp3) is 0.0625. The van der Waals surface area contributed by atoms with Crippen molar-refractivity contribution in [1.29, 1.82) is 0 Å². The van der Waals surface area contributed by atoms with Gasteiger partial charge < -0.3 is 4.74 Å². The van der Waals surface area contributed by atoms with Gasteiger partial charge in [-0.15, -0.1) is 23.5 Å². The second kappa shape index (κ2) is 13.9. The average Bonchev–Trinajstić information content (AvgIpc) is 2.98. The summed E-state index contributed by atoms with van der Waals surface area (Å²) in [5, 5.41) is 0. The molecule has 0 N–H and O–H groups in total. The fourth-order valence-corrected chi connectivity index (χ4v) is 6.72. The molecule has 5 rings (SSSR count). The number of pyridine rings is 1. The third kappa shape index (κ3) is 8.02. The summed E-state index contributed by atoms with van der Waals surface area (Å²) in [6.07, 6.45) is 2.47. The third-order valence-corrected chi connectivity index (χ3v) is 8.71. The number of nitrogens with zero attached hydrogens (tertiary/aromatic N) is 2. The monoisotopic (exact) mass is 550 g/mol. The molecule has 0 bridgehead atoms. The predicted molar refractivity (Wildman–Crippen MR) is 163 cm³/mol. The van der Waals surface area contributed by atoms with Crippen molar-refractivity contribution in [2.75, 3.05) is 0 Å². The topological polar surface area (TPSA) is 34.5 Å². The summed E-state index contributed by atoms with van der Waals surface area (Å²) in [7, 11) is 0. The zero-order chi connectivity index (χ0) is 25.8. The standard InChI is InChI=1S/C32H26N2OS3/c1-4-12-26(13-5-1)35-31(34-38-29-21-19-25(20-22-29)30-18-10-11-23-33-30)24-32(36-27-14-6-2-7-15-27)37-28-16-8-3-9-17-28/h1-23,32H,24H2/b34-31-. The van der Waals surface area contributed by atoms with Crippen molar-refractivity contribution >= 4 is 41.4 Å². The quantitative estimate of drug-likeness (QED) is 0.0569. The van der Waals surface area contributed by atoms with E-state index < -0.39 is 0 Å². The van der Waals surface area contributed by atoms with Crippen LogP contribution in [0.2, 0.25) is 0 Å². The van der Waals surface area contributed by atoms with Crippen molar-refractivity contribution in [2.24, 2.45) is 4.40 Å². The van der Waals surface area contributed by atoms with E-state index in [1.165, 1.54) is 21.7 Å². The van der Waals surface area contributed by atoms with Gasteiger partial charge in [-0.25, -0.2) is 0 Å². The highest BCUT2D eigenvalue weighted by molar-refractivity contribution is 8.17. The molecule has 0 amide bonds. The Hall–Kier alpha value is -3.45. The first-order valence-electron chi connectivity index (χ1n) is 12.2. The Bertz CT molecular complexity index is 1370. The van der Waals surface area contributed by atoms with Gasteiger partial charge in [0.15, 0.2) is 0 Å². The van der Waals surface area contributed by atoms with Crippen molar-refractivity contribution in [3.05, 3.63) is 140 Å². The first kappa shape index (κ1) is 26.2. The molecule has 0 spiro atoms. The van der Waals surface area contributed by atoms with Gasteiger partial charge in [0.25, 0.3) is 0 Å². The van der Waals surface area contributed by atoms with Crippen molar-refractivity contribution < 1.29 is 4.74 Å². The SMILES string of the molecule is c1ccc(O/C(CC(Sc2ccccc2)Sc2ccccc2)=N\Sc2ccc(-c3ccccn3)cc2)cc1. The highest BCUT2D eigenvalue weighted by Crippen LogP contribution is 2.38. The molecule has 1 aromatic heterocycles. The molecule has 4 aromatic carbocycles. The fourth-order valence-electron chi connectivity index (χ4n) is 3.60. The van der Waals surface area contributed by atoms with Gasteiger partial charge in [0.1, 0.15) is 5.75 Å². The van der Waals surface area contributed by atoms with Crippen molar-refractivity contribution in [1.82, 2.24) is 4.98 Å².